The number of aromatic nitrogens is 12. The number of rotatable bonds is 11. The van der Waals surface area contributed by atoms with Gasteiger partial charge in [-0.25, -0.2) is 19.6 Å². The summed E-state index contributed by atoms with van der Waals surface area (Å²) in [6.07, 6.45) is -2.79. The first-order valence-corrected chi connectivity index (χ1v) is 26.6. The number of nitrogens with zero attached hydrogens (tertiary/aromatic N) is 13. The fourth-order valence-electron chi connectivity index (χ4n) is 8.22. The van der Waals surface area contributed by atoms with Gasteiger partial charge >= 0.3 is 36.3 Å². The first-order valence-electron chi connectivity index (χ1n) is 26.2. The van der Waals surface area contributed by atoms with Gasteiger partial charge < -0.3 is 34.2 Å². The third-order valence-electron chi connectivity index (χ3n) is 12.6. The number of halogens is 10. The summed E-state index contributed by atoms with van der Waals surface area (Å²) < 4.78 is 137. The van der Waals surface area contributed by atoms with E-state index in [1.54, 1.807) is 79.4 Å². The van der Waals surface area contributed by atoms with Crippen LogP contribution in [-0.2, 0) is 37.8 Å². The Kier molecular flexibility index (Phi) is 22.0. The number of nitrogens with one attached hydrogen (secondary N) is 2. The van der Waals surface area contributed by atoms with E-state index in [2.05, 4.69) is 77.0 Å². The van der Waals surface area contributed by atoms with Crippen LogP contribution in [0, 0.1) is 6.57 Å². The van der Waals surface area contributed by atoms with Gasteiger partial charge in [0.2, 0.25) is 23.4 Å². The second-order valence-corrected chi connectivity index (χ2v) is 18.8. The van der Waals surface area contributed by atoms with Crippen LogP contribution in [0.4, 0.5) is 50.3 Å². The average molecular weight is 1310 g/mol. The van der Waals surface area contributed by atoms with Gasteiger partial charge in [0.1, 0.15) is 12.7 Å². The highest BCUT2D eigenvalue weighted by molar-refractivity contribution is 6.12. The number of H-pyrrole nitrogens is 1. The number of nitrogens with two attached hydrogens (primary N) is 1. The zero-order valence-electron chi connectivity index (χ0n) is 47.0. The van der Waals surface area contributed by atoms with Crippen molar-refractivity contribution in [3.8, 4) is 46.1 Å². The molecule has 12 aromatic rings. The van der Waals surface area contributed by atoms with Crippen molar-refractivity contribution in [1.82, 2.24) is 64.8 Å². The van der Waals surface area contributed by atoms with Crippen LogP contribution in [-0.4, -0.2) is 82.1 Å². The molecule has 6 heterocycles. The Bertz CT molecular complexity index is 4450. The second-order valence-electron chi connectivity index (χ2n) is 18.6. The lowest BCUT2D eigenvalue weighted by Crippen LogP contribution is -2.15. The Labute approximate surface area is 521 Å². The number of alkyl halides is 9. The molecule has 0 unspecified atom stereocenters. The normalized spacial score (nSPS) is 11.4. The van der Waals surface area contributed by atoms with Gasteiger partial charge in [0.05, 0.1) is 16.7 Å². The second kappa shape index (κ2) is 30.5. The van der Waals surface area contributed by atoms with Crippen molar-refractivity contribution >= 4 is 29.7 Å². The zero-order chi connectivity index (χ0) is 66.7. The highest BCUT2D eigenvalue weighted by atomic mass is 35.5. The SMILES string of the molecule is N/C(=N/O)c1nnc(-c2ccccc2Cc2ccc(C(F)(F)F)cc2)o1.O=C(n1ccnc1)n1ccnc1.O=c1[nH]c(-c2nnc(-c3ccccc3Cc3ccc(C(F)(F)F)cc3)o2)no1.ONCl.[C-]#[N+]c1nnc(-c2ccccc2Cc2ccc(C(F)(F)F)cc2)o1. The summed E-state index contributed by atoms with van der Waals surface area (Å²) in [5, 5.41) is 44.8. The van der Waals surface area contributed by atoms with Crippen LogP contribution < -0.4 is 16.5 Å². The Morgan fingerprint density at radius 1 is 0.581 bits per heavy atom. The number of aromatic amines is 1. The zero-order valence-corrected chi connectivity index (χ0v) is 47.7. The van der Waals surface area contributed by atoms with Gasteiger partial charge in [0, 0.05) is 58.4 Å². The first-order chi connectivity index (χ1) is 44.5. The van der Waals surface area contributed by atoms with Crippen LogP contribution >= 0.6 is 11.8 Å². The molecule has 0 spiro atoms. The summed E-state index contributed by atoms with van der Waals surface area (Å²) in [7, 11) is 0. The molecule has 0 saturated carbocycles. The summed E-state index contributed by atoms with van der Waals surface area (Å²) in [6, 6.07) is 36.0. The molecule has 6 aromatic heterocycles. The summed E-state index contributed by atoms with van der Waals surface area (Å²) in [5.74, 6) is -0.665. The van der Waals surface area contributed by atoms with E-state index in [4.69, 9.17) is 36.0 Å². The standard InChI is InChI=1S/C18H11F3N4O3.C17H13F3N4O2.C17H10F3N3O.C7H6N4O.ClH2NO/c19-18(20,21)12-7-5-10(6-8-12)9-11-3-1-2-4-13(11)15-23-24-16(27-15)14-22-17(26)28-25-14;18-17(19,20)12-7-5-10(6-8-12)9-11-3-1-2-4-13(11)15-22-23-16(26-15)14(21)24-25;1-21-16-23-22-15(24-16)14-5-3-2-4-12(14)10-11-6-8-13(9-7-11)17(18,19)20;12-7(10-3-1-8-5-10)11-4-2-9-6-11;1-2-3/h1-8H,9H2,(H,22,25,26);1-8,25H,9H2,(H2,21,24);2-9H,10H2;1-6H;2-3H. The summed E-state index contributed by atoms with van der Waals surface area (Å²) >= 11 is 4.30. The predicted molar refractivity (Wildman–Crippen MR) is 308 cm³/mol. The third-order valence-corrected chi connectivity index (χ3v) is 12.6. The van der Waals surface area contributed by atoms with Crippen LogP contribution in [0.1, 0.15) is 56.0 Å². The molecule has 12 rings (SSSR count). The molecule has 0 amide bonds. The molecule has 6 N–H and O–H groups in total. The fraction of sp³-hybridized carbons (Fsp3) is 0.102. The topological polar surface area (TPSA) is 324 Å². The van der Waals surface area contributed by atoms with Gasteiger partial charge in [-0.2, -0.15) is 39.5 Å². The molecule has 93 heavy (non-hydrogen) atoms. The van der Waals surface area contributed by atoms with E-state index in [-0.39, 0.29) is 53.2 Å². The molecular formula is C59H42ClF9N16O8. The molecule has 0 aliphatic rings. The molecule has 6 aromatic carbocycles. The number of amidine groups is 1. The number of carbonyl (C=O) groups is 1. The minimum Gasteiger partial charge on any atom is -0.444 e. The van der Waals surface area contributed by atoms with E-state index in [0.29, 0.717) is 47.1 Å². The molecule has 34 heteroatoms. The lowest BCUT2D eigenvalue weighted by atomic mass is 9.99. The molecule has 0 aliphatic heterocycles. The summed E-state index contributed by atoms with van der Waals surface area (Å²) in [4.78, 5) is 36.6. The van der Waals surface area contributed by atoms with Gasteiger partial charge in [0.25, 0.3) is 17.7 Å². The summed E-state index contributed by atoms with van der Waals surface area (Å²) in [5.41, 5.74) is 9.70. The number of hydrogen-bond donors (Lipinski definition) is 5. The van der Waals surface area contributed by atoms with Crippen molar-refractivity contribution in [1.29, 1.82) is 0 Å². The molecule has 24 nitrogen and oxygen atoms in total. The van der Waals surface area contributed by atoms with Crippen LogP contribution in [0.2, 0.25) is 0 Å². The lowest BCUT2D eigenvalue weighted by molar-refractivity contribution is -0.138. The largest absolute Gasteiger partial charge is 0.475 e. The van der Waals surface area contributed by atoms with Crippen molar-refractivity contribution in [2.24, 2.45) is 10.9 Å². The van der Waals surface area contributed by atoms with E-state index in [0.717, 1.165) is 58.7 Å². The Morgan fingerprint density at radius 3 is 1.31 bits per heavy atom. The van der Waals surface area contributed by atoms with Gasteiger partial charge in [-0.05, 0) is 117 Å². The smallest absolute Gasteiger partial charge is 0.444 e. The summed E-state index contributed by atoms with van der Waals surface area (Å²) in [6.45, 7) is 6.86. The van der Waals surface area contributed by atoms with Crippen LogP contribution in [0.15, 0.2) is 211 Å². The van der Waals surface area contributed by atoms with Gasteiger partial charge in [0.15, 0.2) is 0 Å². The van der Waals surface area contributed by atoms with E-state index in [1.807, 2.05) is 18.2 Å². The van der Waals surface area contributed by atoms with Crippen LogP contribution in [0.25, 0.3) is 50.9 Å². The molecular weight excluding hydrogens is 1270 g/mol. The average Bonchev–Trinajstić information content (AvgIpc) is 1.91. The van der Waals surface area contributed by atoms with Crippen LogP contribution in [0.5, 0.6) is 0 Å². The number of benzene rings is 6. The Balaban J connectivity index is 0.000000162. The molecule has 0 radical (unpaired) electrons. The number of imidazole rings is 2. The minimum atomic E-state index is -4.38. The van der Waals surface area contributed by atoms with Gasteiger partial charge in [-0.3, -0.25) is 18.6 Å². The maximum Gasteiger partial charge on any atom is 0.475 e. The molecule has 0 fully saturated rings. The number of hydrogen-bond acceptors (Lipinski definition) is 19. The van der Waals surface area contributed by atoms with E-state index in [9.17, 15) is 49.1 Å². The van der Waals surface area contributed by atoms with Gasteiger partial charge in [-0.1, -0.05) is 103 Å². The quantitative estimate of drug-likeness (QED) is 0.0153. The van der Waals surface area contributed by atoms with Crippen molar-refractivity contribution in [2.75, 3.05) is 0 Å². The fourth-order valence-corrected chi connectivity index (χ4v) is 8.22. The molecule has 0 aliphatic carbocycles. The van der Waals surface area contributed by atoms with Crippen molar-refractivity contribution in [3.63, 3.8) is 0 Å². The van der Waals surface area contributed by atoms with Crippen molar-refractivity contribution in [2.45, 2.75) is 37.8 Å². The Hall–Kier alpha value is -11.9. The minimum absolute atomic E-state index is 0.00368. The lowest BCUT2D eigenvalue weighted by Gasteiger charge is -2.09. The monoisotopic (exact) mass is 1310 g/mol. The predicted octanol–water partition coefficient (Wildman–Crippen LogP) is 12.7. The maximum absolute atomic E-state index is 12.7. The Morgan fingerprint density at radius 2 is 0.957 bits per heavy atom. The first kappa shape index (κ1) is 67.0. The number of carbonyl (C=O) groups excluding carboxylic acids is 1. The van der Waals surface area contributed by atoms with E-state index in [1.165, 1.54) is 63.2 Å². The van der Waals surface area contributed by atoms with Gasteiger partial charge in [-0.15, -0.1) is 25.4 Å². The van der Waals surface area contributed by atoms with E-state index < -0.39 is 41.0 Å². The third kappa shape index (κ3) is 18.4. The van der Waals surface area contributed by atoms with Crippen molar-refractivity contribution in [3.05, 3.63) is 261 Å². The number of oxime groups is 1. The van der Waals surface area contributed by atoms with Crippen LogP contribution in [0.3, 0.4) is 0 Å². The van der Waals surface area contributed by atoms with Crippen molar-refractivity contribution < 1.29 is 72.5 Å². The highest BCUT2D eigenvalue weighted by Crippen LogP contribution is 2.34. The molecule has 0 saturated heterocycles. The molecule has 0 atom stereocenters. The van der Waals surface area contributed by atoms with E-state index >= 15 is 0 Å². The maximum atomic E-state index is 12.7. The highest BCUT2D eigenvalue weighted by Gasteiger charge is 2.32. The molecule has 0 bridgehead atoms. The molecule has 476 valence electrons.